The fourth-order valence-corrected chi connectivity index (χ4v) is 3.14. The van der Waals surface area contributed by atoms with Crippen LogP contribution in [0.4, 0.5) is 0 Å². The topological polar surface area (TPSA) is 75.3 Å². The average molecular weight is 280 g/mol. The number of hydrogen-bond acceptors (Lipinski definition) is 4. The van der Waals surface area contributed by atoms with Crippen LogP contribution in [0.2, 0.25) is 0 Å². The van der Waals surface area contributed by atoms with Gasteiger partial charge in [-0.25, -0.2) is 8.42 Å². The van der Waals surface area contributed by atoms with Gasteiger partial charge in [0.05, 0.1) is 5.75 Å². The minimum atomic E-state index is -3.02. The Labute approximate surface area is 112 Å². The third-order valence-corrected chi connectivity index (χ3v) is 4.34. The summed E-state index contributed by atoms with van der Waals surface area (Å²) >= 11 is 0. The second-order valence-corrected chi connectivity index (χ2v) is 6.35. The largest absolute Gasteiger partial charge is 0.355 e. The molecule has 0 fully saturated rings. The first-order valence-corrected chi connectivity index (χ1v) is 7.67. The van der Waals surface area contributed by atoms with Crippen LogP contribution in [0.25, 0.3) is 0 Å². The molecule has 1 aromatic rings. The Morgan fingerprint density at radius 1 is 1.32 bits per heavy atom. The number of nitrogens with one attached hydrogen (secondary N) is 2. The summed E-state index contributed by atoms with van der Waals surface area (Å²) in [7, 11) is -1.43. The first-order valence-electron chi connectivity index (χ1n) is 5.95. The van der Waals surface area contributed by atoms with Crippen molar-refractivity contribution in [2.24, 2.45) is 0 Å². The summed E-state index contributed by atoms with van der Waals surface area (Å²) in [6.45, 7) is 0.568. The average Bonchev–Trinajstić information content (AvgIpc) is 2.76. The third kappa shape index (κ3) is 3.65. The molecule has 102 valence electrons. The van der Waals surface area contributed by atoms with Crippen LogP contribution < -0.4 is 10.6 Å². The zero-order valence-electron chi connectivity index (χ0n) is 10.6. The predicted molar refractivity (Wildman–Crippen MR) is 73.4 cm³/mol. The zero-order chi connectivity index (χ0) is 13.9. The van der Waals surface area contributed by atoms with Crippen LogP contribution in [0.1, 0.15) is 15.9 Å². The SMILES string of the molecule is CNC(=O)c1ccc(CNC2C=CS(=O)(=O)C2)cc1. The second-order valence-electron chi connectivity index (χ2n) is 4.42. The van der Waals surface area contributed by atoms with Crippen molar-refractivity contribution in [3.05, 3.63) is 46.9 Å². The summed E-state index contributed by atoms with van der Waals surface area (Å²) in [6, 6.07) is 7.06. The maximum Gasteiger partial charge on any atom is 0.251 e. The molecular weight excluding hydrogens is 264 g/mol. The molecule has 6 heteroatoms. The van der Waals surface area contributed by atoms with Crippen LogP contribution in [0.15, 0.2) is 35.7 Å². The highest BCUT2D eigenvalue weighted by atomic mass is 32.2. The van der Waals surface area contributed by atoms with Crippen molar-refractivity contribution in [3.8, 4) is 0 Å². The van der Waals surface area contributed by atoms with E-state index in [9.17, 15) is 13.2 Å². The molecule has 5 nitrogen and oxygen atoms in total. The first-order chi connectivity index (χ1) is 9.00. The van der Waals surface area contributed by atoms with E-state index >= 15 is 0 Å². The van der Waals surface area contributed by atoms with Crippen molar-refractivity contribution in [1.82, 2.24) is 10.6 Å². The van der Waals surface area contributed by atoms with Gasteiger partial charge in [-0.2, -0.15) is 0 Å². The van der Waals surface area contributed by atoms with Gasteiger partial charge < -0.3 is 10.6 Å². The molecule has 1 aliphatic heterocycles. The molecule has 0 spiro atoms. The van der Waals surface area contributed by atoms with Gasteiger partial charge in [-0.3, -0.25) is 4.79 Å². The Balaban J connectivity index is 1.91. The number of benzene rings is 1. The first kappa shape index (κ1) is 13.8. The fraction of sp³-hybridized carbons (Fsp3) is 0.308. The fourth-order valence-electron chi connectivity index (χ4n) is 1.87. The van der Waals surface area contributed by atoms with Crippen LogP contribution in [0.5, 0.6) is 0 Å². The van der Waals surface area contributed by atoms with E-state index in [0.29, 0.717) is 12.1 Å². The van der Waals surface area contributed by atoms with Gasteiger partial charge in [-0.05, 0) is 17.7 Å². The minimum absolute atomic E-state index is 0.114. The smallest absolute Gasteiger partial charge is 0.251 e. The van der Waals surface area contributed by atoms with E-state index in [-0.39, 0.29) is 17.7 Å². The summed E-state index contributed by atoms with van der Waals surface area (Å²) in [4.78, 5) is 11.4. The number of carbonyl (C=O) groups is 1. The van der Waals surface area contributed by atoms with Gasteiger partial charge in [0.2, 0.25) is 0 Å². The quantitative estimate of drug-likeness (QED) is 0.839. The van der Waals surface area contributed by atoms with Crippen LogP contribution in [-0.2, 0) is 16.4 Å². The van der Waals surface area contributed by atoms with Crippen molar-refractivity contribution >= 4 is 15.7 Å². The molecule has 1 aliphatic rings. The molecule has 0 radical (unpaired) electrons. The van der Waals surface area contributed by atoms with E-state index in [1.807, 2.05) is 12.1 Å². The summed E-state index contributed by atoms with van der Waals surface area (Å²) in [6.07, 6.45) is 1.66. The van der Waals surface area contributed by atoms with Gasteiger partial charge in [-0.15, -0.1) is 0 Å². The summed E-state index contributed by atoms with van der Waals surface area (Å²) in [5, 5.41) is 6.96. The van der Waals surface area contributed by atoms with Gasteiger partial charge in [0, 0.05) is 30.6 Å². The van der Waals surface area contributed by atoms with Crippen LogP contribution in [0, 0.1) is 0 Å². The molecule has 0 aliphatic carbocycles. The zero-order valence-corrected chi connectivity index (χ0v) is 11.4. The lowest BCUT2D eigenvalue weighted by atomic mass is 10.1. The predicted octanol–water partition coefficient (Wildman–Crippen LogP) is 0.446. The van der Waals surface area contributed by atoms with Gasteiger partial charge in [0.15, 0.2) is 9.84 Å². The van der Waals surface area contributed by atoms with E-state index in [2.05, 4.69) is 10.6 Å². The van der Waals surface area contributed by atoms with Gasteiger partial charge >= 0.3 is 0 Å². The lowest BCUT2D eigenvalue weighted by molar-refractivity contribution is 0.0963. The van der Waals surface area contributed by atoms with Gasteiger partial charge in [0.1, 0.15) is 0 Å². The lowest BCUT2D eigenvalue weighted by Gasteiger charge is -2.10. The monoisotopic (exact) mass is 280 g/mol. The van der Waals surface area contributed by atoms with Gasteiger partial charge in [0.25, 0.3) is 5.91 Å². The molecule has 1 heterocycles. The Hall–Kier alpha value is -1.66. The molecule has 1 aromatic carbocycles. The van der Waals surface area contributed by atoms with Crippen LogP contribution >= 0.6 is 0 Å². The number of amides is 1. The lowest BCUT2D eigenvalue weighted by Crippen LogP contribution is -2.29. The highest BCUT2D eigenvalue weighted by Crippen LogP contribution is 2.09. The number of hydrogen-bond donors (Lipinski definition) is 2. The highest BCUT2D eigenvalue weighted by Gasteiger charge is 2.20. The maximum atomic E-state index is 11.4. The standard InChI is InChI=1S/C13H16N2O3S/c1-14-13(16)11-4-2-10(3-5-11)8-15-12-6-7-19(17,18)9-12/h2-7,12,15H,8-9H2,1H3,(H,14,16). The molecule has 2 N–H and O–H groups in total. The molecular formula is C13H16N2O3S. The van der Waals surface area contributed by atoms with Crippen molar-refractivity contribution in [1.29, 1.82) is 0 Å². The van der Waals surface area contributed by atoms with E-state index in [1.165, 1.54) is 5.41 Å². The second kappa shape index (κ2) is 5.54. The summed E-state index contributed by atoms with van der Waals surface area (Å²) in [5.74, 6) is -0.00658. The number of carbonyl (C=O) groups excluding carboxylic acids is 1. The molecule has 1 atom stereocenters. The molecule has 2 rings (SSSR count). The normalized spacial score (nSPS) is 20.4. The number of rotatable bonds is 4. The van der Waals surface area contributed by atoms with Crippen molar-refractivity contribution in [2.75, 3.05) is 12.8 Å². The summed E-state index contributed by atoms with van der Waals surface area (Å²) < 4.78 is 22.5. The van der Waals surface area contributed by atoms with E-state index in [0.717, 1.165) is 5.56 Å². The Morgan fingerprint density at radius 2 is 2.00 bits per heavy atom. The van der Waals surface area contributed by atoms with Crippen LogP contribution in [0.3, 0.4) is 0 Å². The molecule has 0 bridgehead atoms. The molecule has 0 aromatic heterocycles. The molecule has 0 saturated carbocycles. The van der Waals surface area contributed by atoms with Crippen molar-refractivity contribution in [3.63, 3.8) is 0 Å². The molecule has 1 unspecified atom stereocenters. The van der Waals surface area contributed by atoms with Crippen molar-refractivity contribution < 1.29 is 13.2 Å². The Morgan fingerprint density at radius 3 is 2.53 bits per heavy atom. The van der Waals surface area contributed by atoms with Gasteiger partial charge in [-0.1, -0.05) is 18.2 Å². The summed E-state index contributed by atoms with van der Waals surface area (Å²) in [5.41, 5.74) is 1.61. The number of sulfone groups is 1. The molecule has 1 amide bonds. The third-order valence-electron chi connectivity index (χ3n) is 2.94. The maximum absolute atomic E-state index is 11.4. The minimum Gasteiger partial charge on any atom is -0.355 e. The highest BCUT2D eigenvalue weighted by molar-refractivity contribution is 7.94. The van der Waals surface area contributed by atoms with Crippen molar-refractivity contribution in [2.45, 2.75) is 12.6 Å². The van der Waals surface area contributed by atoms with Crippen LogP contribution in [-0.4, -0.2) is 33.2 Å². The molecule has 19 heavy (non-hydrogen) atoms. The van der Waals surface area contributed by atoms with E-state index in [4.69, 9.17) is 0 Å². The van der Waals surface area contributed by atoms with E-state index < -0.39 is 9.84 Å². The Kier molecular flexibility index (Phi) is 4.01. The Bertz CT molecular complexity index is 591. The van der Waals surface area contributed by atoms with E-state index in [1.54, 1.807) is 25.3 Å². The molecule has 0 saturated heterocycles.